The molecule has 0 unspecified atom stereocenters. The van der Waals surface area contributed by atoms with Crippen molar-refractivity contribution in [3.8, 4) is 5.75 Å². The highest BCUT2D eigenvalue weighted by molar-refractivity contribution is 9.10. The summed E-state index contributed by atoms with van der Waals surface area (Å²) in [6, 6.07) is 12.6. The third kappa shape index (κ3) is 3.36. The first-order chi connectivity index (χ1) is 10.1. The molecular formula is C16H17BrN2O2. The number of methoxy groups -OCH3 is 1. The predicted octanol–water partition coefficient (Wildman–Crippen LogP) is 3.71. The van der Waals surface area contributed by atoms with E-state index in [9.17, 15) is 4.79 Å². The topological polar surface area (TPSA) is 55.6 Å². The Morgan fingerprint density at radius 3 is 2.67 bits per heavy atom. The molecule has 0 aromatic heterocycles. The highest BCUT2D eigenvalue weighted by Crippen LogP contribution is 2.26. The van der Waals surface area contributed by atoms with Crippen LogP contribution in [0.2, 0.25) is 0 Å². The number of rotatable bonds is 4. The zero-order valence-electron chi connectivity index (χ0n) is 12.0. The van der Waals surface area contributed by atoms with Crippen LogP contribution >= 0.6 is 15.9 Å². The molecule has 2 N–H and O–H groups in total. The lowest BCUT2D eigenvalue weighted by molar-refractivity contribution is 0.0987. The Hall–Kier alpha value is -2.01. The molecule has 0 aliphatic carbocycles. The van der Waals surface area contributed by atoms with Crippen LogP contribution in [-0.2, 0) is 0 Å². The summed E-state index contributed by atoms with van der Waals surface area (Å²) in [5, 5.41) is 0. The molecule has 0 spiro atoms. The number of nitrogens with two attached hydrogens (primary N) is 1. The molecule has 2 rings (SSSR count). The van der Waals surface area contributed by atoms with Crippen LogP contribution in [0.25, 0.3) is 0 Å². The average Bonchev–Trinajstić information content (AvgIpc) is 2.48. The molecule has 2 aromatic carbocycles. The van der Waals surface area contributed by atoms with Crippen molar-refractivity contribution >= 4 is 33.2 Å². The molecule has 0 heterocycles. The van der Waals surface area contributed by atoms with Crippen LogP contribution in [0, 0.1) is 0 Å². The van der Waals surface area contributed by atoms with Crippen molar-refractivity contribution in [3.63, 3.8) is 0 Å². The summed E-state index contributed by atoms with van der Waals surface area (Å²) >= 11 is 3.42. The quantitative estimate of drug-likeness (QED) is 0.857. The number of nitrogen functional groups attached to an aromatic ring is 1. The van der Waals surface area contributed by atoms with E-state index in [1.807, 2.05) is 19.1 Å². The maximum absolute atomic E-state index is 12.8. The molecule has 2 aromatic rings. The number of benzene rings is 2. The van der Waals surface area contributed by atoms with Gasteiger partial charge in [-0.25, -0.2) is 0 Å². The van der Waals surface area contributed by atoms with E-state index in [-0.39, 0.29) is 5.91 Å². The number of nitrogens with zero attached hydrogens (tertiary/aromatic N) is 1. The van der Waals surface area contributed by atoms with Crippen molar-refractivity contribution in [2.45, 2.75) is 6.92 Å². The van der Waals surface area contributed by atoms with E-state index in [0.717, 1.165) is 10.2 Å². The molecule has 0 aliphatic heterocycles. The number of halogens is 1. The number of amides is 1. The van der Waals surface area contributed by atoms with Crippen LogP contribution in [0.15, 0.2) is 46.9 Å². The van der Waals surface area contributed by atoms with Crippen LogP contribution in [0.4, 0.5) is 11.4 Å². The number of carbonyl (C=O) groups excluding carboxylic acids is 1. The van der Waals surface area contributed by atoms with Crippen molar-refractivity contribution < 1.29 is 9.53 Å². The van der Waals surface area contributed by atoms with Crippen LogP contribution in [0.1, 0.15) is 17.3 Å². The molecule has 5 heteroatoms. The smallest absolute Gasteiger partial charge is 0.259 e. The fourth-order valence-electron chi connectivity index (χ4n) is 2.08. The van der Waals surface area contributed by atoms with Gasteiger partial charge in [0.2, 0.25) is 0 Å². The van der Waals surface area contributed by atoms with Crippen molar-refractivity contribution in [3.05, 3.63) is 52.5 Å². The number of hydrogen-bond donors (Lipinski definition) is 1. The Bertz CT molecular complexity index is 658. The normalized spacial score (nSPS) is 10.2. The number of carbonyl (C=O) groups is 1. The lowest BCUT2D eigenvalue weighted by Gasteiger charge is -2.22. The van der Waals surface area contributed by atoms with Gasteiger partial charge in [-0.3, -0.25) is 4.79 Å². The molecule has 0 saturated carbocycles. The monoisotopic (exact) mass is 348 g/mol. The van der Waals surface area contributed by atoms with Gasteiger partial charge in [-0.05, 0) is 59.3 Å². The van der Waals surface area contributed by atoms with Gasteiger partial charge in [-0.15, -0.1) is 0 Å². The summed E-state index contributed by atoms with van der Waals surface area (Å²) < 4.78 is 5.92. The van der Waals surface area contributed by atoms with Gasteiger partial charge in [0.15, 0.2) is 0 Å². The summed E-state index contributed by atoms with van der Waals surface area (Å²) in [4.78, 5) is 14.5. The summed E-state index contributed by atoms with van der Waals surface area (Å²) in [5.74, 6) is 0.541. The molecule has 0 aliphatic rings. The lowest BCUT2D eigenvalue weighted by atomic mass is 10.1. The second-order valence-corrected chi connectivity index (χ2v) is 5.34. The molecule has 21 heavy (non-hydrogen) atoms. The predicted molar refractivity (Wildman–Crippen MR) is 88.9 cm³/mol. The van der Waals surface area contributed by atoms with Crippen molar-refractivity contribution in [2.24, 2.45) is 0 Å². The Morgan fingerprint density at radius 2 is 2.05 bits per heavy atom. The highest BCUT2D eigenvalue weighted by Gasteiger charge is 2.19. The van der Waals surface area contributed by atoms with Crippen molar-refractivity contribution in [1.29, 1.82) is 0 Å². The first-order valence-electron chi connectivity index (χ1n) is 6.57. The fourth-order valence-corrected chi connectivity index (χ4v) is 2.49. The first-order valence-corrected chi connectivity index (χ1v) is 7.37. The second-order valence-electron chi connectivity index (χ2n) is 4.49. The summed E-state index contributed by atoms with van der Waals surface area (Å²) in [6.07, 6.45) is 0. The van der Waals surface area contributed by atoms with E-state index in [4.69, 9.17) is 10.5 Å². The van der Waals surface area contributed by atoms with E-state index in [1.54, 1.807) is 42.3 Å². The van der Waals surface area contributed by atoms with Crippen molar-refractivity contribution in [1.82, 2.24) is 0 Å². The molecule has 0 fully saturated rings. The Labute approximate surface area is 132 Å². The fraction of sp³-hybridized carbons (Fsp3) is 0.188. The zero-order chi connectivity index (χ0) is 15.4. The summed E-state index contributed by atoms with van der Waals surface area (Å²) in [5.41, 5.74) is 7.76. The van der Waals surface area contributed by atoms with Crippen LogP contribution in [0.5, 0.6) is 5.75 Å². The third-order valence-electron chi connectivity index (χ3n) is 3.15. The zero-order valence-corrected chi connectivity index (χ0v) is 13.6. The van der Waals surface area contributed by atoms with Gasteiger partial charge in [0, 0.05) is 22.4 Å². The molecule has 0 atom stereocenters. The second kappa shape index (κ2) is 6.63. The van der Waals surface area contributed by atoms with Crippen LogP contribution < -0.4 is 15.4 Å². The summed E-state index contributed by atoms with van der Waals surface area (Å²) in [6.45, 7) is 2.47. The maximum atomic E-state index is 12.8. The lowest BCUT2D eigenvalue weighted by Crippen LogP contribution is -2.31. The number of hydrogen-bond acceptors (Lipinski definition) is 3. The maximum Gasteiger partial charge on any atom is 0.259 e. The number of anilines is 2. The van der Waals surface area contributed by atoms with Gasteiger partial charge < -0.3 is 15.4 Å². The molecule has 0 saturated heterocycles. The van der Waals surface area contributed by atoms with Crippen molar-refractivity contribution in [2.75, 3.05) is 24.3 Å². The third-order valence-corrected chi connectivity index (χ3v) is 3.84. The molecule has 0 bridgehead atoms. The minimum Gasteiger partial charge on any atom is -0.497 e. The SMILES string of the molecule is CCN(C(=O)c1cc(OC)ccc1Br)c1cccc(N)c1. The molecular weight excluding hydrogens is 332 g/mol. The Balaban J connectivity index is 2.41. The standard InChI is InChI=1S/C16H17BrN2O2/c1-3-19(12-6-4-5-11(18)9-12)16(20)14-10-13(21-2)7-8-15(14)17/h4-10H,3,18H2,1-2H3. The van der Waals surface area contributed by atoms with Gasteiger partial charge in [0.05, 0.1) is 12.7 Å². The number of ether oxygens (including phenoxy) is 1. The van der Waals surface area contributed by atoms with Gasteiger partial charge in [0.25, 0.3) is 5.91 Å². The Morgan fingerprint density at radius 1 is 1.29 bits per heavy atom. The largest absolute Gasteiger partial charge is 0.497 e. The minimum atomic E-state index is -0.103. The van der Waals surface area contributed by atoms with Gasteiger partial charge in [0.1, 0.15) is 5.75 Å². The van der Waals surface area contributed by atoms with Gasteiger partial charge in [-0.2, -0.15) is 0 Å². The highest BCUT2D eigenvalue weighted by atomic mass is 79.9. The summed E-state index contributed by atoms with van der Waals surface area (Å²) in [7, 11) is 1.58. The minimum absolute atomic E-state index is 0.103. The Kier molecular flexibility index (Phi) is 4.85. The molecule has 110 valence electrons. The van der Waals surface area contributed by atoms with Crippen LogP contribution in [-0.4, -0.2) is 19.6 Å². The van der Waals surface area contributed by atoms with Crippen LogP contribution in [0.3, 0.4) is 0 Å². The molecule has 1 amide bonds. The van der Waals surface area contributed by atoms with E-state index in [2.05, 4.69) is 15.9 Å². The molecule has 4 nitrogen and oxygen atoms in total. The molecule has 0 radical (unpaired) electrons. The van der Waals surface area contributed by atoms with Gasteiger partial charge in [-0.1, -0.05) is 6.07 Å². The van der Waals surface area contributed by atoms with Gasteiger partial charge >= 0.3 is 0 Å². The van der Waals surface area contributed by atoms with E-state index >= 15 is 0 Å². The first kappa shape index (κ1) is 15.4. The average molecular weight is 349 g/mol. The van der Waals surface area contributed by atoms with E-state index in [1.165, 1.54) is 0 Å². The van der Waals surface area contributed by atoms with E-state index in [0.29, 0.717) is 23.5 Å². The van der Waals surface area contributed by atoms with E-state index < -0.39 is 0 Å².